The van der Waals surface area contributed by atoms with Gasteiger partial charge in [-0.1, -0.05) is 17.7 Å². The van der Waals surface area contributed by atoms with Crippen LogP contribution < -0.4 is 20.1 Å². The topological polar surface area (TPSA) is 54.9 Å². The number of benzene rings is 1. The van der Waals surface area contributed by atoms with E-state index < -0.39 is 0 Å². The first-order chi connectivity index (χ1) is 12.3. The zero-order chi connectivity index (χ0) is 17.5. The maximum absolute atomic E-state index is 6.28. The van der Waals surface area contributed by atoms with Gasteiger partial charge in [0.05, 0.1) is 11.6 Å². The number of hydrogen-bond acceptors (Lipinski definition) is 4. The van der Waals surface area contributed by atoms with Gasteiger partial charge in [0.1, 0.15) is 13.2 Å². The molecule has 1 aromatic carbocycles. The van der Waals surface area contributed by atoms with Crippen LogP contribution in [0.2, 0.25) is 5.02 Å². The third kappa shape index (κ3) is 5.92. The van der Waals surface area contributed by atoms with Crippen LogP contribution in [0.5, 0.6) is 11.5 Å². The van der Waals surface area contributed by atoms with Crippen LogP contribution >= 0.6 is 46.9 Å². The van der Waals surface area contributed by atoms with Crippen LogP contribution in [0.3, 0.4) is 0 Å². The summed E-state index contributed by atoms with van der Waals surface area (Å²) in [5.74, 6) is 2.12. The molecule has 0 saturated heterocycles. The van der Waals surface area contributed by atoms with Gasteiger partial charge in [-0.15, -0.1) is 35.3 Å². The number of fused-ring (bicyclic) bond motifs is 1. The molecule has 1 aromatic heterocycles. The van der Waals surface area contributed by atoms with Gasteiger partial charge in [-0.3, -0.25) is 0 Å². The molecule has 26 heavy (non-hydrogen) atoms. The van der Waals surface area contributed by atoms with Gasteiger partial charge < -0.3 is 20.1 Å². The molecule has 0 amide bonds. The molecule has 2 aromatic rings. The average molecular weight is 508 g/mol. The largest absolute Gasteiger partial charge is 0.486 e. The van der Waals surface area contributed by atoms with Crippen molar-refractivity contribution in [1.82, 2.24) is 10.6 Å². The highest BCUT2D eigenvalue weighted by Gasteiger charge is 2.16. The van der Waals surface area contributed by atoms with E-state index in [9.17, 15) is 0 Å². The van der Waals surface area contributed by atoms with Gasteiger partial charge in [-0.25, -0.2) is 4.99 Å². The Labute approximate surface area is 180 Å². The first-order valence-electron chi connectivity index (χ1n) is 8.39. The molecule has 5 nitrogen and oxygen atoms in total. The summed E-state index contributed by atoms with van der Waals surface area (Å²) in [5, 5.41) is 9.29. The molecule has 2 heterocycles. The van der Waals surface area contributed by atoms with Crippen molar-refractivity contribution in [2.24, 2.45) is 4.99 Å². The van der Waals surface area contributed by atoms with Crippen LogP contribution in [0.25, 0.3) is 0 Å². The van der Waals surface area contributed by atoms with Crippen molar-refractivity contribution in [2.45, 2.75) is 19.9 Å². The molecule has 1 aliphatic heterocycles. The summed E-state index contributed by atoms with van der Waals surface area (Å²) in [5.41, 5.74) is 0.990. The number of guanidine groups is 1. The van der Waals surface area contributed by atoms with Gasteiger partial charge in [0, 0.05) is 18.0 Å². The van der Waals surface area contributed by atoms with Gasteiger partial charge in [0.2, 0.25) is 0 Å². The summed E-state index contributed by atoms with van der Waals surface area (Å²) in [6.07, 6.45) is 0.984. The minimum Gasteiger partial charge on any atom is -0.486 e. The lowest BCUT2D eigenvalue weighted by atomic mass is 10.2. The molecule has 0 bridgehead atoms. The summed E-state index contributed by atoms with van der Waals surface area (Å²) in [7, 11) is 0. The number of hydrogen-bond donors (Lipinski definition) is 2. The van der Waals surface area contributed by atoms with E-state index in [-0.39, 0.29) is 24.0 Å². The number of nitrogens with one attached hydrogen (secondary N) is 2. The summed E-state index contributed by atoms with van der Waals surface area (Å²) in [6, 6.07) is 8.05. The van der Waals surface area contributed by atoms with Crippen LogP contribution in [0.1, 0.15) is 17.4 Å². The van der Waals surface area contributed by atoms with Gasteiger partial charge in [-0.2, -0.15) is 0 Å². The molecule has 0 unspecified atom stereocenters. The van der Waals surface area contributed by atoms with Crippen LogP contribution in [0, 0.1) is 0 Å². The number of rotatable bonds is 6. The average Bonchev–Trinajstić information content (AvgIpc) is 3.13. The van der Waals surface area contributed by atoms with Gasteiger partial charge in [-0.05, 0) is 42.5 Å². The van der Waals surface area contributed by atoms with Gasteiger partial charge >= 0.3 is 0 Å². The Morgan fingerprint density at radius 2 is 2.12 bits per heavy atom. The molecular weight excluding hydrogens is 485 g/mol. The van der Waals surface area contributed by atoms with E-state index in [1.807, 2.05) is 12.1 Å². The fourth-order valence-corrected chi connectivity index (χ4v) is 3.52. The molecule has 3 rings (SSSR count). The SMILES string of the molecule is CCNC(=NCc1cc(Cl)c2c(c1)OCCO2)NCCc1cccs1.I. The summed E-state index contributed by atoms with van der Waals surface area (Å²) >= 11 is 8.05. The van der Waals surface area contributed by atoms with E-state index in [2.05, 4.69) is 40.1 Å². The molecule has 2 N–H and O–H groups in total. The molecule has 8 heteroatoms. The lowest BCUT2D eigenvalue weighted by Crippen LogP contribution is -2.38. The fourth-order valence-electron chi connectivity index (χ4n) is 2.53. The standard InChI is InChI=1S/C18H22ClN3O2S.HI/c1-2-20-18(21-6-5-14-4-3-9-25-14)22-12-13-10-15(19)17-16(11-13)23-7-8-24-17;/h3-4,9-11H,2,5-8,12H2,1H3,(H2,20,21,22);1H. The van der Waals surface area contributed by atoms with E-state index >= 15 is 0 Å². The van der Waals surface area contributed by atoms with Gasteiger partial charge in [0.25, 0.3) is 0 Å². The summed E-state index contributed by atoms with van der Waals surface area (Å²) in [4.78, 5) is 6.00. The maximum atomic E-state index is 6.28. The van der Waals surface area contributed by atoms with E-state index in [0.29, 0.717) is 36.3 Å². The van der Waals surface area contributed by atoms with E-state index in [0.717, 1.165) is 31.0 Å². The first kappa shape index (κ1) is 21.1. The van der Waals surface area contributed by atoms with Crippen LogP contribution in [-0.2, 0) is 13.0 Å². The molecule has 1 aliphatic rings. The second-order valence-corrected chi connectivity index (χ2v) is 6.99. The molecular formula is C18H23ClIN3O2S. The van der Waals surface area contributed by atoms with Gasteiger partial charge in [0.15, 0.2) is 17.5 Å². The highest BCUT2D eigenvalue weighted by atomic mass is 127. The van der Waals surface area contributed by atoms with Crippen LogP contribution in [-0.4, -0.2) is 32.3 Å². The van der Waals surface area contributed by atoms with E-state index in [1.54, 1.807) is 11.3 Å². The number of nitrogens with zero attached hydrogens (tertiary/aromatic N) is 1. The second-order valence-electron chi connectivity index (χ2n) is 5.55. The van der Waals surface area contributed by atoms with E-state index in [4.69, 9.17) is 21.1 Å². The van der Waals surface area contributed by atoms with Crippen molar-refractivity contribution in [2.75, 3.05) is 26.3 Å². The normalized spacial score (nSPS) is 13.1. The van der Waals surface area contributed by atoms with Crippen molar-refractivity contribution in [3.05, 3.63) is 45.1 Å². The Morgan fingerprint density at radius 3 is 2.88 bits per heavy atom. The zero-order valence-corrected chi connectivity index (χ0v) is 18.5. The Balaban J connectivity index is 0.00000243. The zero-order valence-electron chi connectivity index (χ0n) is 14.6. The molecule has 0 aliphatic carbocycles. The number of halogens is 2. The number of ether oxygens (including phenoxy) is 2. The lowest BCUT2D eigenvalue weighted by Gasteiger charge is -2.20. The van der Waals surface area contributed by atoms with Crippen molar-refractivity contribution in [3.8, 4) is 11.5 Å². The Bertz CT molecular complexity index is 725. The second kappa shape index (κ2) is 10.8. The number of thiophene rings is 1. The predicted molar refractivity (Wildman–Crippen MR) is 119 cm³/mol. The molecule has 0 spiro atoms. The third-order valence-corrected chi connectivity index (χ3v) is 4.88. The molecule has 0 atom stereocenters. The van der Waals surface area contributed by atoms with Crippen molar-refractivity contribution >= 4 is 52.9 Å². The highest BCUT2D eigenvalue weighted by molar-refractivity contribution is 14.0. The minimum atomic E-state index is 0. The van der Waals surface area contributed by atoms with Crippen molar-refractivity contribution in [3.63, 3.8) is 0 Å². The number of aliphatic imine (C=N–C) groups is 1. The molecule has 0 radical (unpaired) electrons. The Morgan fingerprint density at radius 1 is 1.27 bits per heavy atom. The fraction of sp³-hybridized carbons (Fsp3) is 0.389. The quantitative estimate of drug-likeness (QED) is 0.351. The summed E-state index contributed by atoms with van der Waals surface area (Å²) in [6.45, 7) is 5.30. The lowest BCUT2D eigenvalue weighted by molar-refractivity contribution is 0.171. The predicted octanol–water partition coefficient (Wildman–Crippen LogP) is 4.09. The summed E-state index contributed by atoms with van der Waals surface area (Å²) < 4.78 is 11.2. The van der Waals surface area contributed by atoms with Crippen molar-refractivity contribution in [1.29, 1.82) is 0 Å². The minimum absolute atomic E-state index is 0. The molecule has 0 saturated carbocycles. The molecule has 0 fully saturated rings. The first-order valence-corrected chi connectivity index (χ1v) is 9.64. The third-order valence-electron chi connectivity index (χ3n) is 3.66. The van der Waals surface area contributed by atoms with E-state index in [1.165, 1.54) is 4.88 Å². The monoisotopic (exact) mass is 507 g/mol. The smallest absolute Gasteiger partial charge is 0.191 e. The highest BCUT2D eigenvalue weighted by Crippen LogP contribution is 2.38. The maximum Gasteiger partial charge on any atom is 0.191 e. The Kier molecular flexibility index (Phi) is 8.80. The molecule has 142 valence electrons. The van der Waals surface area contributed by atoms with Crippen LogP contribution in [0.15, 0.2) is 34.6 Å². The van der Waals surface area contributed by atoms with Crippen LogP contribution in [0.4, 0.5) is 0 Å². The Hall–Kier alpha value is -1.19. The van der Waals surface area contributed by atoms with Crippen molar-refractivity contribution < 1.29 is 9.47 Å².